The Morgan fingerprint density at radius 3 is 2.65 bits per heavy atom. The highest BCUT2D eigenvalue weighted by atomic mass is 35.5. The van der Waals surface area contributed by atoms with Crippen molar-refractivity contribution in [2.45, 2.75) is 13.3 Å². The van der Waals surface area contributed by atoms with E-state index in [2.05, 4.69) is 10.5 Å². The summed E-state index contributed by atoms with van der Waals surface area (Å²) in [6, 6.07) is 11.4. The molecular weight excluding hydrogens is 318 g/mol. The molecule has 0 aliphatic heterocycles. The Bertz CT molecular complexity index is 702. The Morgan fingerprint density at radius 2 is 2.04 bits per heavy atom. The lowest BCUT2D eigenvalue weighted by molar-refractivity contribution is -0.384. The predicted octanol–water partition coefficient (Wildman–Crippen LogP) is 4.48. The van der Waals surface area contributed by atoms with Gasteiger partial charge in [-0.25, -0.2) is 0 Å². The lowest BCUT2D eigenvalue weighted by Gasteiger charge is -2.07. The topological polar surface area (TPSA) is 76.8 Å². The quantitative estimate of drug-likeness (QED) is 0.460. The van der Waals surface area contributed by atoms with Crippen molar-refractivity contribution in [1.82, 2.24) is 0 Å². The average molecular weight is 334 g/mol. The summed E-state index contributed by atoms with van der Waals surface area (Å²) in [6.07, 6.45) is 2.52. The molecule has 0 radical (unpaired) electrons. The standard InChI is InChI=1S/C16H16ClN3O3/c1-2-9-23-16-8-3-12(10-15(16)17)11-18-19-13-4-6-14(7-5-13)20(21)22/h3-8,10-11,19H,2,9H2,1H3/b18-11+. The molecule has 23 heavy (non-hydrogen) atoms. The summed E-state index contributed by atoms with van der Waals surface area (Å²) in [5, 5.41) is 15.2. The van der Waals surface area contributed by atoms with Gasteiger partial charge in [0.25, 0.3) is 5.69 Å². The summed E-state index contributed by atoms with van der Waals surface area (Å²) in [5.41, 5.74) is 4.30. The Balaban J connectivity index is 1.97. The highest BCUT2D eigenvalue weighted by Gasteiger charge is 2.03. The van der Waals surface area contributed by atoms with Crippen LogP contribution in [0.4, 0.5) is 11.4 Å². The highest BCUT2D eigenvalue weighted by molar-refractivity contribution is 6.32. The average Bonchev–Trinajstić information content (AvgIpc) is 2.54. The van der Waals surface area contributed by atoms with Crippen molar-refractivity contribution in [1.29, 1.82) is 0 Å². The molecular formula is C16H16ClN3O3. The van der Waals surface area contributed by atoms with Crippen molar-refractivity contribution < 1.29 is 9.66 Å². The zero-order valence-electron chi connectivity index (χ0n) is 12.5. The molecule has 2 aromatic carbocycles. The molecule has 0 aliphatic carbocycles. The lowest BCUT2D eigenvalue weighted by Crippen LogP contribution is -1.96. The smallest absolute Gasteiger partial charge is 0.269 e. The van der Waals surface area contributed by atoms with Gasteiger partial charge in [-0.2, -0.15) is 5.10 Å². The van der Waals surface area contributed by atoms with Crippen LogP contribution in [-0.2, 0) is 0 Å². The van der Waals surface area contributed by atoms with Crippen LogP contribution < -0.4 is 10.2 Å². The first-order chi connectivity index (χ1) is 11.1. The predicted molar refractivity (Wildman–Crippen MR) is 91.6 cm³/mol. The zero-order valence-corrected chi connectivity index (χ0v) is 13.3. The largest absolute Gasteiger partial charge is 0.492 e. The van der Waals surface area contributed by atoms with Gasteiger partial charge in [-0.3, -0.25) is 15.5 Å². The summed E-state index contributed by atoms with van der Waals surface area (Å²) >= 11 is 6.14. The Kier molecular flexibility index (Phi) is 5.94. The van der Waals surface area contributed by atoms with Crippen molar-refractivity contribution in [2.24, 2.45) is 5.10 Å². The molecule has 0 spiro atoms. The van der Waals surface area contributed by atoms with Gasteiger partial charge in [0.2, 0.25) is 0 Å². The fraction of sp³-hybridized carbons (Fsp3) is 0.188. The number of rotatable bonds is 7. The van der Waals surface area contributed by atoms with Crippen molar-refractivity contribution >= 4 is 29.2 Å². The van der Waals surface area contributed by atoms with Gasteiger partial charge in [0.05, 0.1) is 28.5 Å². The molecule has 0 fully saturated rings. The fourth-order valence-corrected chi connectivity index (χ4v) is 2.01. The van der Waals surface area contributed by atoms with Crippen LogP contribution >= 0.6 is 11.6 Å². The summed E-state index contributed by atoms with van der Waals surface area (Å²) in [4.78, 5) is 10.1. The molecule has 0 saturated carbocycles. The minimum absolute atomic E-state index is 0.0361. The first kappa shape index (κ1) is 16.8. The highest BCUT2D eigenvalue weighted by Crippen LogP contribution is 2.25. The number of nitro benzene ring substituents is 1. The van der Waals surface area contributed by atoms with Crippen LogP contribution in [0.5, 0.6) is 5.75 Å². The zero-order chi connectivity index (χ0) is 16.7. The molecule has 120 valence electrons. The maximum Gasteiger partial charge on any atom is 0.269 e. The summed E-state index contributed by atoms with van der Waals surface area (Å²) < 4.78 is 5.50. The molecule has 0 aliphatic rings. The monoisotopic (exact) mass is 333 g/mol. The van der Waals surface area contributed by atoms with Crippen molar-refractivity contribution in [3.05, 3.63) is 63.2 Å². The second-order valence-corrected chi connectivity index (χ2v) is 5.12. The summed E-state index contributed by atoms with van der Waals surface area (Å²) in [5.74, 6) is 0.647. The van der Waals surface area contributed by atoms with Crippen molar-refractivity contribution in [3.63, 3.8) is 0 Å². The number of hydrazone groups is 1. The van der Waals surface area contributed by atoms with Crippen LogP contribution in [0.25, 0.3) is 0 Å². The van der Waals surface area contributed by atoms with Crippen LogP contribution in [0.1, 0.15) is 18.9 Å². The number of anilines is 1. The molecule has 2 aromatic rings. The molecule has 0 bridgehead atoms. The van der Waals surface area contributed by atoms with Crippen molar-refractivity contribution in [2.75, 3.05) is 12.0 Å². The number of hydrogen-bond acceptors (Lipinski definition) is 5. The summed E-state index contributed by atoms with van der Waals surface area (Å²) in [6.45, 7) is 2.65. The van der Waals surface area contributed by atoms with E-state index in [1.807, 2.05) is 13.0 Å². The number of hydrogen-bond donors (Lipinski definition) is 1. The minimum Gasteiger partial charge on any atom is -0.492 e. The third-order valence-corrected chi connectivity index (χ3v) is 3.20. The van der Waals surface area contributed by atoms with Gasteiger partial charge in [-0.05, 0) is 42.3 Å². The van der Waals surface area contributed by atoms with Gasteiger partial charge in [0.15, 0.2) is 0 Å². The number of nitrogens with zero attached hydrogens (tertiary/aromatic N) is 2. The van der Waals surface area contributed by atoms with E-state index in [1.165, 1.54) is 12.1 Å². The van der Waals surface area contributed by atoms with Crippen LogP contribution in [0, 0.1) is 10.1 Å². The molecule has 0 saturated heterocycles. The van der Waals surface area contributed by atoms with E-state index in [-0.39, 0.29) is 5.69 Å². The molecule has 0 heterocycles. The van der Waals surface area contributed by atoms with E-state index in [0.29, 0.717) is 23.1 Å². The first-order valence-corrected chi connectivity index (χ1v) is 7.44. The van der Waals surface area contributed by atoms with E-state index < -0.39 is 4.92 Å². The molecule has 0 aromatic heterocycles. The molecule has 0 amide bonds. The normalized spacial score (nSPS) is 10.7. The Labute approximate surface area is 138 Å². The number of ether oxygens (including phenoxy) is 1. The van der Waals surface area contributed by atoms with Gasteiger partial charge in [0.1, 0.15) is 5.75 Å². The second kappa shape index (κ2) is 8.14. The minimum atomic E-state index is -0.447. The van der Waals surface area contributed by atoms with Gasteiger partial charge in [-0.1, -0.05) is 18.5 Å². The number of halogens is 1. The van der Waals surface area contributed by atoms with Crippen LogP contribution in [-0.4, -0.2) is 17.7 Å². The maximum atomic E-state index is 10.6. The number of nitrogens with one attached hydrogen (secondary N) is 1. The van der Waals surface area contributed by atoms with Crippen molar-refractivity contribution in [3.8, 4) is 5.75 Å². The van der Waals surface area contributed by atoms with Gasteiger partial charge < -0.3 is 4.74 Å². The SMILES string of the molecule is CCCOc1ccc(/C=N/Nc2ccc([N+](=O)[O-])cc2)cc1Cl. The molecule has 6 nitrogen and oxygen atoms in total. The van der Waals surface area contributed by atoms with E-state index in [4.69, 9.17) is 16.3 Å². The van der Waals surface area contributed by atoms with Crippen LogP contribution in [0.2, 0.25) is 5.02 Å². The lowest BCUT2D eigenvalue weighted by atomic mass is 10.2. The second-order valence-electron chi connectivity index (χ2n) is 4.71. The number of non-ortho nitro benzene ring substituents is 1. The fourth-order valence-electron chi connectivity index (χ4n) is 1.77. The number of nitro groups is 1. The van der Waals surface area contributed by atoms with Crippen LogP contribution in [0.15, 0.2) is 47.6 Å². The molecule has 0 unspecified atom stereocenters. The van der Waals surface area contributed by atoms with E-state index in [9.17, 15) is 10.1 Å². The third kappa shape index (κ3) is 4.96. The number of benzene rings is 2. The maximum absolute atomic E-state index is 10.6. The molecule has 1 N–H and O–H groups in total. The molecule has 0 atom stereocenters. The van der Waals surface area contributed by atoms with Gasteiger partial charge in [0, 0.05) is 12.1 Å². The Morgan fingerprint density at radius 1 is 1.30 bits per heavy atom. The molecule has 7 heteroatoms. The Hall–Kier alpha value is -2.60. The van der Waals surface area contributed by atoms with Gasteiger partial charge in [-0.15, -0.1) is 0 Å². The van der Waals surface area contributed by atoms with Gasteiger partial charge >= 0.3 is 0 Å². The summed E-state index contributed by atoms with van der Waals surface area (Å²) in [7, 11) is 0. The van der Waals surface area contributed by atoms with Crippen LogP contribution in [0.3, 0.4) is 0 Å². The van der Waals surface area contributed by atoms with E-state index in [0.717, 1.165) is 12.0 Å². The van der Waals surface area contributed by atoms with E-state index >= 15 is 0 Å². The molecule has 2 rings (SSSR count). The van der Waals surface area contributed by atoms with E-state index in [1.54, 1.807) is 30.5 Å². The first-order valence-electron chi connectivity index (χ1n) is 7.06. The third-order valence-electron chi connectivity index (χ3n) is 2.90.